The van der Waals surface area contributed by atoms with Gasteiger partial charge in [-0.2, -0.15) is 0 Å². The number of aliphatic imine (C=N–C) groups is 1. The van der Waals surface area contributed by atoms with Crippen molar-refractivity contribution < 1.29 is 4.79 Å². The molecule has 0 aliphatic rings. The monoisotopic (exact) mass is 409 g/mol. The number of carbonyl (C=O) groups excluding carboxylic acids is 1. The summed E-state index contributed by atoms with van der Waals surface area (Å²) in [5.41, 5.74) is 1.48. The predicted molar refractivity (Wildman–Crippen MR) is 93.4 cm³/mol. The molecule has 0 saturated carbocycles. The van der Waals surface area contributed by atoms with E-state index in [1.807, 2.05) is 48.5 Å². The van der Waals surface area contributed by atoms with Crippen LogP contribution in [0, 0.1) is 0 Å². The lowest BCUT2D eigenvalue weighted by atomic mass is 10.3. The SMILES string of the molecule is CNC(=O)N(C=Nc1cccc(Br)c1)c1cccc(Br)c1. The van der Waals surface area contributed by atoms with Gasteiger partial charge in [0.1, 0.15) is 6.34 Å². The van der Waals surface area contributed by atoms with Crippen LogP contribution in [0.3, 0.4) is 0 Å². The highest BCUT2D eigenvalue weighted by Gasteiger charge is 2.12. The van der Waals surface area contributed by atoms with E-state index in [1.54, 1.807) is 7.05 Å². The smallest absolute Gasteiger partial charge is 0.326 e. The Morgan fingerprint density at radius 2 is 1.81 bits per heavy atom. The van der Waals surface area contributed by atoms with E-state index in [4.69, 9.17) is 0 Å². The fraction of sp³-hybridized carbons (Fsp3) is 0.0667. The Labute approximate surface area is 140 Å². The van der Waals surface area contributed by atoms with E-state index in [0.717, 1.165) is 20.3 Å². The van der Waals surface area contributed by atoms with Crippen LogP contribution in [0.5, 0.6) is 0 Å². The highest BCUT2D eigenvalue weighted by Crippen LogP contribution is 2.21. The van der Waals surface area contributed by atoms with Gasteiger partial charge in [-0.05, 0) is 36.4 Å². The van der Waals surface area contributed by atoms with Crippen molar-refractivity contribution in [2.75, 3.05) is 11.9 Å². The number of carbonyl (C=O) groups is 1. The van der Waals surface area contributed by atoms with Crippen LogP contribution in [-0.2, 0) is 0 Å². The fourth-order valence-electron chi connectivity index (χ4n) is 1.66. The molecule has 0 aliphatic carbocycles. The van der Waals surface area contributed by atoms with Crippen molar-refractivity contribution in [3.8, 4) is 0 Å². The molecule has 2 aromatic rings. The standard InChI is InChI=1S/C15H13Br2N3O/c1-18-15(21)20(14-7-3-5-12(17)9-14)10-19-13-6-2-4-11(16)8-13/h2-10H,1H3,(H,18,21). The molecule has 0 fully saturated rings. The first kappa shape index (κ1) is 15.7. The molecule has 0 aliphatic heterocycles. The van der Waals surface area contributed by atoms with Crippen LogP contribution in [0.15, 0.2) is 62.5 Å². The summed E-state index contributed by atoms with van der Waals surface area (Å²) in [7, 11) is 1.58. The van der Waals surface area contributed by atoms with Crippen molar-refractivity contribution in [2.45, 2.75) is 0 Å². The van der Waals surface area contributed by atoms with E-state index >= 15 is 0 Å². The molecule has 0 saturated heterocycles. The van der Waals surface area contributed by atoms with Gasteiger partial charge in [0, 0.05) is 16.0 Å². The van der Waals surface area contributed by atoms with Crippen LogP contribution in [0.2, 0.25) is 0 Å². The van der Waals surface area contributed by atoms with Crippen LogP contribution in [-0.4, -0.2) is 19.4 Å². The number of urea groups is 1. The van der Waals surface area contributed by atoms with Gasteiger partial charge in [-0.15, -0.1) is 0 Å². The normalized spacial score (nSPS) is 10.6. The highest BCUT2D eigenvalue weighted by atomic mass is 79.9. The van der Waals surface area contributed by atoms with Crippen LogP contribution < -0.4 is 10.2 Å². The molecule has 2 amide bonds. The van der Waals surface area contributed by atoms with Gasteiger partial charge in [-0.3, -0.25) is 4.90 Å². The lowest BCUT2D eigenvalue weighted by molar-refractivity contribution is 0.251. The van der Waals surface area contributed by atoms with Gasteiger partial charge in [0.2, 0.25) is 0 Å². The van der Waals surface area contributed by atoms with Gasteiger partial charge in [0.15, 0.2) is 0 Å². The minimum atomic E-state index is -0.258. The minimum absolute atomic E-state index is 0.258. The maximum absolute atomic E-state index is 12.0. The lowest BCUT2D eigenvalue weighted by Gasteiger charge is -2.17. The first-order valence-corrected chi connectivity index (χ1v) is 7.75. The van der Waals surface area contributed by atoms with Gasteiger partial charge in [-0.25, -0.2) is 9.79 Å². The summed E-state index contributed by atoms with van der Waals surface area (Å²) in [6, 6.07) is 14.7. The fourth-order valence-corrected chi connectivity index (χ4v) is 2.44. The Balaban J connectivity index is 2.31. The van der Waals surface area contributed by atoms with Crippen molar-refractivity contribution >= 4 is 55.6 Å². The van der Waals surface area contributed by atoms with Crippen molar-refractivity contribution in [1.82, 2.24) is 5.32 Å². The molecule has 6 heteroatoms. The van der Waals surface area contributed by atoms with Gasteiger partial charge in [-0.1, -0.05) is 44.0 Å². The van der Waals surface area contributed by atoms with Crippen LogP contribution in [0.25, 0.3) is 0 Å². The maximum atomic E-state index is 12.0. The lowest BCUT2D eigenvalue weighted by Crippen LogP contribution is -2.37. The van der Waals surface area contributed by atoms with Crippen molar-refractivity contribution in [1.29, 1.82) is 0 Å². The molecular formula is C15H13Br2N3O. The molecule has 0 aromatic heterocycles. The van der Waals surface area contributed by atoms with E-state index in [2.05, 4.69) is 42.2 Å². The summed E-state index contributed by atoms with van der Waals surface area (Å²) >= 11 is 6.79. The van der Waals surface area contributed by atoms with E-state index in [-0.39, 0.29) is 6.03 Å². The molecule has 2 rings (SSSR count). The van der Waals surface area contributed by atoms with Crippen LogP contribution in [0.4, 0.5) is 16.2 Å². The molecule has 1 N–H and O–H groups in total. The number of amides is 2. The molecular weight excluding hydrogens is 398 g/mol. The molecule has 0 heterocycles. The maximum Gasteiger partial charge on any atom is 0.326 e. The number of nitrogens with one attached hydrogen (secondary N) is 1. The molecule has 0 unspecified atom stereocenters. The predicted octanol–water partition coefficient (Wildman–Crippen LogP) is 4.72. The number of halogens is 2. The zero-order valence-electron chi connectivity index (χ0n) is 11.3. The quantitative estimate of drug-likeness (QED) is 0.577. The van der Waals surface area contributed by atoms with Crippen LogP contribution in [0.1, 0.15) is 0 Å². The second-order valence-corrected chi connectivity index (χ2v) is 5.96. The molecule has 4 nitrogen and oxygen atoms in total. The zero-order valence-corrected chi connectivity index (χ0v) is 14.4. The molecule has 0 atom stereocenters. The van der Waals surface area contributed by atoms with Crippen LogP contribution >= 0.6 is 31.9 Å². The first-order valence-electron chi connectivity index (χ1n) is 6.16. The van der Waals surface area contributed by atoms with Gasteiger partial charge in [0.25, 0.3) is 0 Å². The topological polar surface area (TPSA) is 44.7 Å². The summed E-state index contributed by atoms with van der Waals surface area (Å²) in [6.07, 6.45) is 1.50. The largest absolute Gasteiger partial charge is 0.340 e. The number of anilines is 1. The van der Waals surface area contributed by atoms with Crippen molar-refractivity contribution in [2.24, 2.45) is 4.99 Å². The van der Waals surface area contributed by atoms with Gasteiger partial charge < -0.3 is 5.32 Å². The Morgan fingerprint density at radius 3 is 2.43 bits per heavy atom. The molecule has 0 bridgehead atoms. The van der Waals surface area contributed by atoms with E-state index in [1.165, 1.54) is 11.2 Å². The Hall–Kier alpha value is -1.66. The Kier molecular flexibility index (Phi) is 5.52. The number of hydrogen-bond acceptors (Lipinski definition) is 2. The zero-order chi connectivity index (χ0) is 15.2. The van der Waals surface area contributed by atoms with Gasteiger partial charge in [0.05, 0.1) is 11.4 Å². The summed E-state index contributed by atoms with van der Waals surface area (Å²) in [5, 5.41) is 2.60. The average Bonchev–Trinajstić information content (AvgIpc) is 2.47. The number of benzene rings is 2. The highest BCUT2D eigenvalue weighted by molar-refractivity contribution is 9.10. The summed E-state index contributed by atoms with van der Waals surface area (Å²) < 4.78 is 1.83. The van der Waals surface area contributed by atoms with E-state index in [0.29, 0.717) is 0 Å². The molecule has 108 valence electrons. The Bertz CT molecular complexity index is 673. The van der Waals surface area contributed by atoms with E-state index in [9.17, 15) is 4.79 Å². The second-order valence-electron chi connectivity index (χ2n) is 4.13. The minimum Gasteiger partial charge on any atom is -0.340 e. The van der Waals surface area contributed by atoms with E-state index < -0.39 is 0 Å². The average molecular weight is 411 g/mol. The van der Waals surface area contributed by atoms with Crippen molar-refractivity contribution in [3.05, 3.63) is 57.5 Å². The third kappa shape index (κ3) is 4.41. The third-order valence-electron chi connectivity index (χ3n) is 2.65. The molecule has 21 heavy (non-hydrogen) atoms. The second kappa shape index (κ2) is 7.38. The van der Waals surface area contributed by atoms with Crippen molar-refractivity contribution in [3.63, 3.8) is 0 Å². The number of rotatable bonds is 3. The molecule has 0 spiro atoms. The molecule has 2 aromatic carbocycles. The molecule has 0 radical (unpaired) electrons. The summed E-state index contributed by atoms with van der Waals surface area (Å²) in [4.78, 5) is 17.8. The van der Waals surface area contributed by atoms with Gasteiger partial charge >= 0.3 is 6.03 Å². The Morgan fingerprint density at radius 1 is 1.14 bits per heavy atom. The third-order valence-corrected chi connectivity index (χ3v) is 3.64. The summed E-state index contributed by atoms with van der Waals surface area (Å²) in [5.74, 6) is 0. The summed E-state index contributed by atoms with van der Waals surface area (Å²) in [6.45, 7) is 0. The number of nitrogens with zero attached hydrogens (tertiary/aromatic N) is 2. The first-order chi connectivity index (χ1) is 10.1. The number of hydrogen-bond donors (Lipinski definition) is 1.